The van der Waals surface area contributed by atoms with Crippen LogP contribution < -0.4 is 4.31 Å². The zero-order valence-corrected chi connectivity index (χ0v) is 18.3. The van der Waals surface area contributed by atoms with E-state index >= 15 is 0 Å². The first kappa shape index (κ1) is 21.1. The zero-order chi connectivity index (χ0) is 22.0. The van der Waals surface area contributed by atoms with E-state index in [-0.39, 0.29) is 18.0 Å². The molecule has 3 aromatic carbocycles. The Hall–Kier alpha value is -3.16. The number of benzene rings is 3. The van der Waals surface area contributed by atoms with Gasteiger partial charge in [0.15, 0.2) is 0 Å². The van der Waals surface area contributed by atoms with E-state index in [4.69, 9.17) is 0 Å². The van der Waals surface area contributed by atoms with Crippen molar-refractivity contribution in [3.8, 4) is 0 Å². The third kappa shape index (κ3) is 4.47. The van der Waals surface area contributed by atoms with Gasteiger partial charge < -0.3 is 9.67 Å². The van der Waals surface area contributed by atoms with Crippen molar-refractivity contribution in [3.05, 3.63) is 90.3 Å². The van der Waals surface area contributed by atoms with E-state index in [0.29, 0.717) is 5.69 Å². The van der Waals surface area contributed by atoms with Crippen molar-refractivity contribution >= 4 is 26.7 Å². The van der Waals surface area contributed by atoms with Crippen LogP contribution in [0.2, 0.25) is 0 Å². The monoisotopic (exact) mass is 435 g/mol. The largest absolute Gasteiger partial charge is 0.389 e. The molecule has 0 aliphatic carbocycles. The quantitative estimate of drug-likeness (QED) is 0.478. The van der Waals surface area contributed by atoms with Crippen LogP contribution in [0.25, 0.3) is 11.0 Å². The minimum absolute atomic E-state index is 0.0772. The zero-order valence-electron chi connectivity index (χ0n) is 17.5. The number of para-hydroxylation sites is 2. The molecular weight excluding hydrogens is 410 g/mol. The maximum atomic E-state index is 13.5. The van der Waals surface area contributed by atoms with Crippen molar-refractivity contribution in [2.24, 2.45) is 0 Å². The number of aliphatic hydroxyl groups is 1. The molecule has 1 N–H and O–H groups in total. The molecule has 4 rings (SSSR count). The van der Waals surface area contributed by atoms with Crippen LogP contribution >= 0.6 is 0 Å². The highest BCUT2D eigenvalue weighted by Crippen LogP contribution is 2.25. The van der Waals surface area contributed by atoms with Gasteiger partial charge in [-0.25, -0.2) is 13.4 Å². The molecule has 0 spiro atoms. The van der Waals surface area contributed by atoms with Gasteiger partial charge in [-0.15, -0.1) is 0 Å². The highest BCUT2D eigenvalue weighted by Gasteiger charge is 2.27. The second kappa shape index (κ2) is 8.53. The number of hydrogen-bond donors (Lipinski definition) is 1. The second-order valence-electron chi connectivity index (χ2n) is 7.73. The summed E-state index contributed by atoms with van der Waals surface area (Å²) < 4.78 is 30.1. The summed E-state index contributed by atoms with van der Waals surface area (Å²) in [6, 6.07) is 21.7. The topological polar surface area (TPSA) is 75.4 Å². The molecule has 0 aliphatic heterocycles. The van der Waals surface area contributed by atoms with Crippen LogP contribution in [-0.2, 0) is 16.6 Å². The summed E-state index contributed by atoms with van der Waals surface area (Å²) in [5.41, 5.74) is 4.17. The number of rotatable bonds is 7. The Bertz CT molecular complexity index is 1300. The Morgan fingerprint density at radius 1 is 0.968 bits per heavy atom. The van der Waals surface area contributed by atoms with E-state index in [2.05, 4.69) is 4.98 Å². The van der Waals surface area contributed by atoms with E-state index in [1.165, 1.54) is 4.31 Å². The third-order valence-corrected chi connectivity index (χ3v) is 7.02. The van der Waals surface area contributed by atoms with Crippen LogP contribution in [0.15, 0.2) is 84.0 Å². The summed E-state index contributed by atoms with van der Waals surface area (Å²) in [5, 5.41) is 10.9. The van der Waals surface area contributed by atoms with Gasteiger partial charge in [0.1, 0.15) is 0 Å². The summed E-state index contributed by atoms with van der Waals surface area (Å²) in [6.45, 7) is 3.97. The molecule has 31 heavy (non-hydrogen) atoms. The molecule has 0 fully saturated rings. The van der Waals surface area contributed by atoms with E-state index in [0.717, 1.165) is 22.2 Å². The van der Waals surface area contributed by atoms with Crippen LogP contribution in [0.3, 0.4) is 0 Å². The average Bonchev–Trinajstić information content (AvgIpc) is 3.15. The molecule has 0 saturated heterocycles. The molecule has 0 amide bonds. The fourth-order valence-corrected chi connectivity index (χ4v) is 5.09. The van der Waals surface area contributed by atoms with E-state index < -0.39 is 16.1 Å². The Morgan fingerprint density at radius 3 is 2.45 bits per heavy atom. The maximum absolute atomic E-state index is 13.5. The Labute approximate surface area is 182 Å². The smallest absolute Gasteiger partial charge is 0.264 e. The number of nitrogens with zero attached hydrogens (tertiary/aromatic N) is 3. The molecule has 7 heteroatoms. The summed E-state index contributed by atoms with van der Waals surface area (Å²) in [5.74, 6) is 0. The lowest BCUT2D eigenvalue weighted by atomic mass is 10.2. The summed E-state index contributed by atoms with van der Waals surface area (Å²) >= 11 is 0. The van der Waals surface area contributed by atoms with Gasteiger partial charge >= 0.3 is 0 Å². The lowest BCUT2D eigenvalue weighted by molar-refractivity contribution is 0.164. The Morgan fingerprint density at radius 2 is 1.71 bits per heavy atom. The lowest BCUT2D eigenvalue weighted by Gasteiger charge is -2.27. The van der Waals surface area contributed by atoms with Crippen molar-refractivity contribution in [2.45, 2.75) is 31.4 Å². The van der Waals surface area contributed by atoms with Crippen molar-refractivity contribution in [2.75, 3.05) is 10.8 Å². The van der Waals surface area contributed by atoms with Crippen LogP contribution in [0.4, 0.5) is 5.69 Å². The Kier molecular flexibility index (Phi) is 5.80. The van der Waals surface area contributed by atoms with Gasteiger partial charge in [0.25, 0.3) is 10.0 Å². The number of imidazole rings is 1. The maximum Gasteiger partial charge on any atom is 0.264 e. The molecule has 0 saturated carbocycles. The van der Waals surface area contributed by atoms with E-state index in [9.17, 15) is 13.5 Å². The molecule has 0 bridgehead atoms. The van der Waals surface area contributed by atoms with Gasteiger partial charge in [-0.2, -0.15) is 0 Å². The molecule has 0 radical (unpaired) electrons. The normalized spacial score (nSPS) is 12.7. The van der Waals surface area contributed by atoms with Crippen LogP contribution in [0.1, 0.15) is 11.1 Å². The van der Waals surface area contributed by atoms with Gasteiger partial charge in [0, 0.05) is 0 Å². The fraction of sp³-hybridized carbons (Fsp3) is 0.208. The number of hydrogen-bond acceptors (Lipinski definition) is 4. The fourth-order valence-electron chi connectivity index (χ4n) is 3.59. The molecule has 1 aromatic heterocycles. The van der Waals surface area contributed by atoms with Crippen molar-refractivity contribution < 1.29 is 13.5 Å². The van der Waals surface area contributed by atoms with Gasteiger partial charge in [-0.3, -0.25) is 4.31 Å². The molecule has 0 aliphatic rings. The molecule has 1 heterocycles. The van der Waals surface area contributed by atoms with E-state index in [1.54, 1.807) is 36.7 Å². The van der Waals surface area contributed by atoms with Gasteiger partial charge in [0.2, 0.25) is 0 Å². The second-order valence-corrected chi connectivity index (χ2v) is 9.59. The van der Waals surface area contributed by atoms with Gasteiger partial charge in [-0.1, -0.05) is 42.0 Å². The Balaban J connectivity index is 1.66. The van der Waals surface area contributed by atoms with E-state index in [1.807, 2.05) is 60.9 Å². The van der Waals surface area contributed by atoms with Crippen molar-refractivity contribution in [3.63, 3.8) is 0 Å². The number of fused-ring (bicyclic) bond motifs is 1. The van der Waals surface area contributed by atoms with Crippen LogP contribution in [0, 0.1) is 13.8 Å². The first-order chi connectivity index (χ1) is 14.8. The molecule has 1 unspecified atom stereocenters. The first-order valence-corrected chi connectivity index (χ1v) is 11.5. The van der Waals surface area contributed by atoms with Gasteiger partial charge in [0.05, 0.1) is 47.1 Å². The highest BCUT2D eigenvalue weighted by atomic mass is 32.2. The molecule has 160 valence electrons. The predicted molar refractivity (Wildman–Crippen MR) is 123 cm³/mol. The average molecular weight is 436 g/mol. The number of aliphatic hydroxyl groups excluding tert-OH is 1. The third-order valence-electron chi connectivity index (χ3n) is 5.21. The molecule has 6 nitrogen and oxygen atoms in total. The van der Waals surface area contributed by atoms with Crippen LogP contribution in [-0.4, -0.2) is 35.7 Å². The summed E-state index contributed by atoms with van der Waals surface area (Å²) in [7, 11) is -3.86. The number of aryl methyl sites for hydroxylation is 2. The minimum Gasteiger partial charge on any atom is -0.389 e. The predicted octanol–water partition coefficient (Wildman–Crippen LogP) is 3.91. The lowest BCUT2D eigenvalue weighted by Crippen LogP contribution is -2.39. The molecule has 4 aromatic rings. The standard InChI is InChI=1S/C24H25N3O3S/c1-18-10-12-22(13-11-18)31(29,30)27(20-7-5-6-19(2)14-20)16-21(28)15-26-17-25-23-8-3-4-9-24(23)26/h3-14,17,21,28H,15-16H2,1-2H3. The summed E-state index contributed by atoms with van der Waals surface area (Å²) in [6.07, 6.45) is 0.734. The highest BCUT2D eigenvalue weighted by molar-refractivity contribution is 7.92. The number of aromatic nitrogens is 2. The number of anilines is 1. The molecule has 1 atom stereocenters. The SMILES string of the molecule is Cc1ccc(S(=O)(=O)N(CC(O)Cn2cnc3ccccc32)c2cccc(C)c2)cc1. The van der Waals surface area contributed by atoms with Crippen molar-refractivity contribution in [1.82, 2.24) is 9.55 Å². The van der Waals surface area contributed by atoms with Crippen molar-refractivity contribution in [1.29, 1.82) is 0 Å². The number of sulfonamides is 1. The van der Waals surface area contributed by atoms with Crippen LogP contribution in [0.5, 0.6) is 0 Å². The summed E-state index contributed by atoms with van der Waals surface area (Å²) in [4.78, 5) is 4.54. The van der Waals surface area contributed by atoms with Gasteiger partial charge in [-0.05, 0) is 55.8 Å². The first-order valence-electron chi connectivity index (χ1n) is 10.1. The minimum atomic E-state index is -3.86. The molecular formula is C24H25N3O3S.